The highest BCUT2D eigenvalue weighted by molar-refractivity contribution is 7.10. The first-order valence-corrected chi connectivity index (χ1v) is 8.44. The number of benzene rings is 1. The lowest BCUT2D eigenvalue weighted by atomic mass is 9.90. The predicted octanol–water partition coefficient (Wildman–Crippen LogP) is 2.99. The molecule has 2 N–H and O–H groups in total. The van der Waals surface area contributed by atoms with Crippen molar-refractivity contribution in [3.8, 4) is 17.2 Å². The smallest absolute Gasteiger partial charge is 0.231 e. The lowest BCUT2D eigenvalue weighted by Crippen LogP contribution is -2.47. The maximum absolute atomic E-state index is 12.2. The van der Waals surface area contributed by atoms with Gasteiger partial charge in [0, 0.05) is 11.9 Å². The highest BCUT2D eigenvalue weighted by Gasteiger charge is 2.38. The van der Waals surface area contributed by atoms with E-state index in [1.165, 1.54) is 4.90 Å². The first-order chi connectivity index (χ1) is 11.4. The summed E-state index contributed by atoms with van der Waals surface area (Å²) in [5.74, 6) is 0.209. The molecule has 0 fully saturated rings. The molecule has 1 amide bonds. The summed E-state index contributed by atoms with van der Waals surface area (Å²) < 4.78 is 0. The molecule has 2 heterocycles. The average molecular weight is 338 g/mol. The molecule has 1 aromatic heterocycles. The Bertz CT molecular complexity index is 893. The van der Waals surface area contributed by atoms with E-state index in [9.17, 15) is 4.79 Å². The van der Waals surface area contributed by atoms with Gasteiger partial charge in [0.2, 0.25) is 5.91 Å². The first kappa shape index (κ1) is 16.2. The number of nitriles is 1. The van der Waals surface area contributed by atoms with E-state index < -0.39 is 5.54 Å². The number of carbonyl (C=O) groups excluding carboxylic acids is 1. The normalized spacial score (nSPS) is 20.7. The van der Waals surface area contributed by atoms with Crippen molar-refractivity contribution in [3.05, 3.63) is 45.6 Å². The Morgan fingerprint density at radius 2 is 2.21 bits per heavy atom. The van der Waals surface area contributed by atoms with E-state index in [0.29, 0.717) is 12.0 Å². The SMILES string of the molecule is Cc1c(-c2cccc(C#N)c2)csc1[C@]1(C)CC(=O)N(C)C(N)=N1. The number of nitrogens with zero attached hydrogens (tertiary/aromatic N) is 3. The minimum absolute atomic E-state index is 0.0363. The van der Waals surface area contributed by atoms with Crippen LogP contribution in [0.5, 0.6) is 0 Å². The van der Waals surface area contributed by atoms with Gasteiger partial charge in [-0.2, -0.15) is 5.26 Å². The molecule has 1 aliphatic rings. The molecule has 1 aliphatic heterocycles. The summed E-state index contributed by atoms with van der Waals surface area (Å²) in [5, 5.41) is 11.1. The van der Waals surface area contributed by atoms with Crippen LogP contribution in [0.1, 0.15) is 29.3 Å². The molecule has 1 aromatic carbocycles. The lowest BCUT2D eigenvalue weighted by Gasteiger charge is -2.33. The molecule has 5 nitrogen and oxygen atoms in total. The second-order valence-corrected chi connectivity index (χ2v) is 7.05. The van der Waals surface area contributed by atoms with Gasteiger partial charge in [-0.1, -0.05) is 12.1 Å². The number of hydrogen-bond acceptors (Lipinski definition) is 5. The number of hydrogen-bond donors (Lipinski definition) is 1. The Morgan fingerprint density at radius 1 is 1.46 bits per heavy atom. The Kier molecular flexibility index (Phi) is 3.90. The molecule has 24 heavy (non-hydrogen) atoms. The first-order valence-electron chi connectivity index (χ1n) is 7.57. The van der Waals surface area contributed by atoms with Gasteiger partial charge >= 0.3 is 0 Å². The van der Waals surface area contributed by atoms with Crippen LogP contribution in [0, 0.1) is 18.3 Å². The molecule has 0 saturated heterocycles. The van der Waals surface area contributed by atoms with Crippen molar-refractivity contribution in [1.82, 2.24) is 4.90 Å². The number of guanidine groups is 1. The van der Waals surface area contributed by atoms with Gasteiger partial charge in [-0.05, 0) is 48.1 Å². The summed E-state index contributed by atoms with van der Waals surface area (Å²) in [6.07, 6.45) is 0.295. The third kappa shape index (κ3) is 2.57. The number of thiophene rings is 1. The highest BCUT2D eigenvalue weighted by Crippen LogP contribution is 2.42. The highest BCUT2D eigenvalue weighted by atomic mass is 32.1. The fraction of sp³-hybridized carbons (Fsp3) is 0.278. The van der Waals surface area contributed by atoms with Gasteiger partial charge < -0.3 is 5.73 Å². The third-order valence-corrected chi connectivity index (χ3v) is 5.74. The van der Waals surface area contributed by atoms with Crippen LogP contribution >= 0.6 is 11.3 Å². The molecule has 3 rings (SSSR count). The molecule has 6 heteroatoms. The van der Waals surface area contributed by atoms with Gasteiger partial charge in [0.05, 0.1) is 18.1 Å². The number of rotatable bonds is 2. The molecule has 2 aromatic rings. The van der Waals surface area contributed by atoms with E-state index in [0.717, 1.165) is 21.6 Å². The monoisotopic (exact) mass is 338 g/mol. The van der Waals surface area contributed by atoms with Crippen molar-refractivity contribution in [3.63, 3.8) is 0 Å². The molecule has 122 valence electrons. The van der Waals surface area contributed by atoms with E-state index >= 15 is 0 Å². The molecular formula is C18H18N4OS. The lowest BCUT2D eigenvalue weighted by molar-refractivity contribution is -0.128. The molecule has 0 spiro atoms. The quantitative estimate of drug-likeness (QED) is 0.914. The standard InChI is InChI=1S/C18H18N4OS/c1-11-14(13-6-4-5-12(7-13)9-19)10-24-16(11)18(2)8-15(23)22(3)17(20)21-18/h4-7,10H,8H2,1-3H3,(H2,20,21)/t18-/m0/s1. The molecule has 0 bridgehead atoms. The predicted molar refractivity (Wildman–Crippen MR) is 95.6 cm³/mol. The van der Waals surface area contributed by atoms with Crippen molar-refractivity contribution in [2.45, 2.75) is 25.8 Å². The second-order valence-electron chi connectivity index (χ2n) is 6.17. The van der Waals surface area contributed by atoms with Gasteiger partial charge in [-0.15, -0.1) is 11.3 Å². The van der Waals surface area contributed by atoms with Crippen LogP contribution in [0.2, 0.25) is 0 Å². The van der Waals surface area contributed by atoms with Crippen LogP contribution in [0.3, 0.4) is 0 Å². The zero-order chi connectivity index (χ0) is 17.5. The number of nitrogens with two attached hydrogens (primary N) is 1. The number of amides is 1. The molecular weight excluding hydrogens is 320 g/mol. The van der Waals surface area contributed by atoms with Gasteiger partial charge in [0.15, 0.2) is 5.96 Å². The largest absolute Gasteiger partial charge is 0.369 e. The zero-order valence-corrected chi connectivity index (χ0v) is 14.6. The summed E-state index contributed by atoms with van der Waals surface area (Å²) >= 11 is 1.58. The number of aliphatic imine (C=N–C) groups is 1. The van der Waals surface area contributed by atoms with Crippen molar-refractivity contribution in [2.24, 2.45) is 10.7 Å². The molecule has 0 saturated carbocycles. The van der Waals surface area contributed by atoms with E-state index in [1.54, 1.807) is 24.5 Å². The Labute approximate surface area is 145 Å². The fourth-order valence-electron chi connectivity index (χ4n) is 3.03. The minimum Gasteiger partial charge on any atom is -0.369 e. The fourth-order valence-corrected chi connectivity index (χ4v) is 4.23. The topological polar surface area (TPSA) is 82.5 Å². The Morgan fingerprint density at radius 3 is 2.88 bits per heavy atom. The summed E-state index contributed by atoms with van der Waals surface area (Å²) in [7, 11) is 1.64. The summed E-state index contributed by atoms with van der Waals surface area (Å²) in [6, 6.07) is 9.69. The molecule has 0 radical (unpaired) electrons. The van der Waals surface area contributed by atoms with E-state index in [1.807, 2.05) is 32.0 Å². The Hall–Kier alpha value is -2.65. The van der Waals surface area contributed by atoms with Gasteiger partial charge in [0.1, 0.15) is 5.54 Å². The maximum atomic E-state index is 12.2. The van der Waals surface area contributed by atoms with Gasteiger partial charge in [-0.25, -0.2) is 4.99 Å². The zero-order valence-electron chi connectivity index (χ0n) is 13.8. The van der Waals surface area contributed by atoms with Crippen LogP contribution in [0.25, 0.3) is 11.1 Å². The average Bonchev–Trinajstić information content (AvgIpc) is 2.95. The van der Waals surface area contributed by atoms with Crippen molar-refractivity contribution in [2.75, 3.05) is 7.05 Å². The van der Waals surface area contributed by atoms with Gasteiger partial charge in [0.25, 0.3) is 0 Å². The van der Waals surface area contributed by atoms with Crippen molar-refractivity contribution >= 4 is 23.2 Å². The summed E-state index contributed by atoms with van der Waals surface area (Å²) in [5.41, 5.74) is 9.03. The molecule has 1 atom stereocenters. The van der Waals surface area contributed by atoms with Crippen molar-refractivity contribution in [1.29, 1.82) is 5.26 Å². The molecule has 0 aliphatic carbocycles. The van der Waals surface area contributed by atoms with Crippen LogP contribution in [-0.2, 0) is 10.3 Å². The van der Waals surface area contributed by atoms with Crippen LogP contribution in [0.4, 0.5) is 0 Å². The van der Waals surface area contributed by atoms with E-state index in [-0.39, 0.29) is 11.9 Å². The van der Waals surface area contributed by atoms with E-state index in [4.69, 9.17) is 11.0 Å². The van der Waals surface area contributed by atoms with Gasteiger partial charge in [-0.3, -0.25) is 9.69 Å². The third-order valence-electron chi connectivity index (χ3n) is 4.41. The van der Waals surface area contributed by atoms with E-state index in [2.05, 4.69) is 16.4 Å². The summed E-state index contributed by atoms with van der Waals surface area (Å²) in [6.45, 7) is 3.97. The van der Waals surface area contributed by atoms with Crippen LogP contribution in [-0.4, -0.2) is 23.8 Å². The number of carbonyl (C=O) groups is 1. The van der Waals surface area contributed by atoms with Crippen molar-refractivity contribution < 1.29 is 4.79 Å². The Balaban J connectivity index is 2.08. The minimum atomic E-state index is -0.645. The van der Waals surface area contributed by atoms with Crippen LogP contribution < -0.4 is 5.73 Å². The van der Waals surface area contributed by atoms with Crippen LogP contribution in [0.15, 0.2) is 34.6 Å². The maximum Gasteiger partial charge on any atom is 0.231 e. The summed E-state index contributed by atoms with van der Waals surface area (Å²) in [4.78, 5) is 19.2. The molecule has 0 unspecified atom stereocenters. The second kappa shape index (κ2) is 5.77.